The highest BCUT2D eigenvalue weighted by molar-refractivity contribution is 6.16. The minimum absolute atomic E-state index is 0.189. The maximum atomic E-state index is 13.3. The molecule has 0 unspecified atom stereocenters. The van der Waals surface area contributed by atoms with E-state index in [1.54, 1.807) is 0 Å². The largest absolute Gasteiger partial charge is 0.244 e. The second kappa shape index (κ2) is 4.57. The van der Waals surface area contributed by atoms with Gasteiger partial charge in [0.2, 0.25) is 0 Å². The van der Waals surface area contributed by atoms with Crippen LogP contribution >= 0.6 is 11.6 Å². The molecule has 2 aromatic rings. The van der Waals surface area contributed by atoms with E-state index in [9.17, 15) is 8.78 Å². The molecule has 16 heavy (non-hydrogen) atoms. The molecule has 0 saturated carbocycles. The number of hydrogen-bond acceptors (Lipinski definition) is 2. The van der Waals surface area contributed by atoms with Crippen LogP contribution in [0.2, 0.25) is 0 Å². The first-order valence-electron chi connectivity index (χ1n) is 4.57. The zero-order valence-electron chi connectivity index (χ0n) is 8.20. The van der Waals surface area contributed by atoms with E-state index in [1.807, 2.05) is 0 Å². The number of alkyl halides is 1. The first-order valence-corrected chi connectivity index (χ1v) is 5.10. The summed E-state index contributed by atoms with van der Waals surface area (Å²) in [6.45, 7) is 0.189. The smallest absolute Gasteiger partial charge is 0.142 e. The maximum absolute atomic E-state index is 13.3. The monoisotopic (exact) mass is 243 g/mol. The molecule has 1 aromatic heterocycles. The van der Waals surface area contributed by atoms with Gasteiger partial charge in [-0.1, -0.05) is 6.07 Å². The fourth-order valence-electron chi connectivity index (χ4n) is 1.33. The van der Waals surface area contributed by atoms with Crippen LogP contribution in [-0.2, 0) is 12.4 Å². The van der Waals surface area contributed by atoms with E-state index in [2.05, 4.69) is 10.1 Å². The van der Waals surface area contributed by atoms with Crippen molar-refractivity contribution in [2.24, 2.45) is 0 Å². The lowest BCUT2D eigenvalue weighted by atomic mass is 10.2. The molecule has 6 heteroatoms. The fourth-order valence-corrected chi connectivity index (χ4v) is 1.54. The van der Waals surface area contributed by atoms with Crippen molar-refractivity contribution >= 4 is 11.6 Å². The van der Waals surface area contributed by atoms with Crippen LogP contribution in [0.5, 0.6) is 0 Å². The summed E-state index contributed by atoms with van der Waals surface area (Å²) >= 11 is 5.63. The van der Waals surface area contributed by atoms with E-state index in [0.29, 0.717) is 11.4 Å². The van der Waals surface area contributed by atoms with Gasteiger partial charge in [-0.2, -0.15) is 5.10 Å². The van der Waals surface area contributed by atoms with Gasteiger partial charge in [0.1, 0.15) is 23.8 Å². The van der Waals surface area contributed by atoms with E-state index in [1.165, 1.54) is 23.1 Å². The maximum Gasteiger partial charge on any atom is 0.142 e. The van der Waals surface area contributed by atoms with Crippen LogP contribution in [0.15, 0.2) is 24.5 Å². The molecule has 0 aliphatic heterocycles. The molecule has 3 nitrogen and oxygen atoms in total. The summed E-state index contributed by atoms with van der Waals surface area (Å²) in [6.07, 6.45) is 1.35. The lowest BCUT2D eigenvalue weighted by Crippen LogP contribution is -2.07. The minimum atomic E-state index is -0.601. The summed E-state index contributed by atoms with van der Waals surface area (Å²) in [7, 11) is 0. The van der Waals surface area contributed by atoms with Gasteiger partial charge in [-0.3, -0.25) is 0 Å². The molecule has 0 aliphatic rings. The third-order valence-electron chi connectivity index (χ3n) is 2.15. The van der Waals surface area contributed by atoms with Crippen molar-refractivity contribution in [1.82, 2.24) is 14.8 Å². The van der Waals surface area contributed by atoms with Gasteiger partial charge in [0.15, 0.2) is 0 Å². The number of rotatable bonds is 3. The van der Waals surface area contributed by atoms with Gasteiger partial charge >= 0.3 is 0 Å². The van der Waals surface area contributed by atoms with E-state index >= 15 is 0 Å². The molecule has 0 aliphatic carbocycles. The Morgan fingerprint density at radius 3 is 2.81 bits per heavy atom. The van der Waals surface area contributed by atoms with Crippen LogP contribution in [0.1, 0.15) is 11.4 Å². The van der Waals surface area contributed by atoms with Crippen molar-refractivity contribution in [3.05, 3.63) is 47.5 Å². The first kappa shape index (κ1) is 11.0. The molecule has 0 fully saturated rings. The fraction of sp³-hybridized carbons (Fsp3) is 0.200. The summed E-state index contributed by atoms with van der Waals surface area (Å²) in [6, 6.07) is 3.42. The summed E-state index contributed by atoms with van der Waals surface area (Å²) in [5, 5.41) is 3.91. The van der Waals surface area contributed by atoms with Gasteiger partial charge in [-0.05, 0) is 6.07 Å². The number of aromatic nitrogens is 3. The highest BCUT2D eigenvalue weighted by Gasteiger charge is 2.08. The highest BCUT2D eigenvalue weighted by Crippen LogP contribution is 2.11. The summed E-state index contributed by atoms with van der Waals surface area (Å²) in [4.78, 5) is 3.90. The van der Waals surface area contributed by atoms with Crippen molar-refractivity contribution in [2.45, 2.75) is 12.4 Å². The second-order valence-corrected chi connectivity index (χ2v) is 3.47. The summed E-state index contributed by atoms with van der Waals surface area (Å²) in [5.41, 5.74) is 0.346. The van der Waals surface area contributed by atoms with Gasteiger partial charge in [0, 0.05) is 11.6 Å². The lowest BCUT2D eigenvalue weighted by molar-refractivity contribution is 0.554. The number of nitrogens with zero attached hydrogens (tertiary/aromatic N) is 3. The molecule has 1 aromatic carbocycles. The Balaban J connectivity index is 2.27. The van der Waals surface area contributed by atoms with E-state index in [4.69, 9.17) is 11.6 Å². The molecule has 0 spiro atoms. The Labute approximate surface area is 95.7 Å². The van der Waals surface area contributed by atoms with Crippen molar-refractivity contribution in [3.8, 4) is 0 Å². The molecule has 0 atom stereocenters. The Hall–Kier alpha value is -1.49. The van der Waals surface area contributed by atoms with Gasteiger partial charge in [0.25, 0.3) is 0 Å². The topological polar surface area (TPSA) is 30.7 Å². The number of benzene rings is 1. The quantitative estimate of drug-likeness (QED) is 0.775. The molecule has 0 saturated heterocycles. The first-order chi connectivity index (χ1) is 7.70. The number of halogens is 3. The van der Waals surface area contributed by atoms with Crippen LogP contribution in [0.25, 0.3) is 0 Å². The standard InChI is InChI=1S/C10H8ClF2N3/c11-4-10-14-6-15-16(10)5-7-1-2-8(12)3-9(7)13/h1-3,6H,4-5H2. The Bertz CT molecular complexity index is 499. The molecule has 2 rings (SSSR count). The minimum Gasteiger partial charge on any atom is -0.244 e. The molecule has 0 amide bonds. The molecule has 84 valence electrons. The van der Waals surface area contributed by atoms with Gasteiger partial charge < -0.3 is 0 Å². The van der Waals surface area contributed by atoms with Crippen LogP contribution < -0.4 is 0 Å². The van der Waals surface area contributed by atoms with Crippen molar-refractivity contribution in [2.75, 3.05) is 0 Å². The zero-order valence-corrected chi connectivity index (χ0v) is 8.96. The Kier molecular flexibility index (Phi) is 3.14. The summed E-state index contributed by atoms with van der Waals surface area (Å²) < 4.78 is 27.5. The second-order valence-electron chi connectivity index (χ2n) is 3.20. The normalized spacial score (nSPS) is 10.7. The number of hydrogen-bond donors (Lipinski definition) is 0. The van der Waals surface area contributed by atoms with E-state index in [-0.39, 0.29) is 12.4 Å². The van der Waals surface area contributed by atoms with Crippen molar-refractivity contribution < 1.29 is 8.78 Å². The third-order valence-corrected chi connectivity index (χ3v) is 2.39. The Morgan fingerprint density at radius 1 is 1.31 bits per heavy atom. The highest BCUT2D eigenvalue weighted by atomic mass is 35.5. The summed E-state index contributed by atoms with van der Waals surface area (Å²) in [5.74, 6) is -0.457. The van der Waals surface area contributed by atoms with E-state index in [0.717, 1.165) is 6.07 Å². The van der Waals surface area contributed by atoms with Gasteiger partial charge in [-0.15, -0.1) is 11.6 Å². The zero-order chi connectivity index (χ0) is 11.5. The molecule has 1 heterocycles. The molecule has 0 N–H and O–H groups in total. The van der Waals surface area contributed by atoms with Gasteiger partial charge in [0.05, 0.1) is 12.4 Å². The Morgan fingerprint density at radius 2 is 2.12 bits per heavy atom. The van der Waals surface area contributed by atoms with Crippen LogP contribution in [0, 0.1) is 11.6 Å². The average Bonchev–Trinajstić information content (AvgIpc) is 2.69. The SMILES string of the molecule is Fc1ccc(Cn2ncnc2CCl)c(F)c1. The molecular weight excluding hydrogens is 236 g/mol. The lowest BCUT2D eigenvalue weighted by Gasteiger charge is -2.05. The third kappa shape index (κ3) is 2.19. The van der Waals surface area contributed by atoms with E-state index < -0.39 is 11.6 Å². The predicted molar refractivity (Wildman–Crippen MR) is 55.0 cm³/mol. The van der Waals surface area contributed by atoms with Crippen LogP contribution in [0.4, 0.5) is 8.78 Å². The van der Waals surface area contributed by atoms with Crippen LogP contribution in [-0.4, -0.2) is 14.8 Å². The van der Waals surface area contributed by atoms with Crippen molar-refractivity contribution in [3.63, 3.8) is 0 Å². The average molecular weight is 244 g/mol. The van der Waals surface area contributed by atoms with Crippen LogP contribution in [0.3, 0.4) is 0 Å². The predicted octanol–water partition coefficient (Wildman–Crippen LogP) is 2.34. The molecule has 0 bridgehead atoms. The van der Waals surface area contributed by atoms with Gasteiger partial charge in [-0.25, -0.2) is 18.4 Å². The molecular formula is C10H8ClF2N3. The van der Waals surface area contributed by atoms with Crippen molar-refractivity contribution in [1.29, 1.82) is 0 Å². The molecule has 0 radical (unpaired) electrons.